The van der Waals surface area contributed by atoms with Gasteiger partial charge in [-0.2, -0.15) is 0 Å². The Morgan fingerprint density at radius 2 is 1.66 bits per heavy atom. The Hall–Kier alpha value is -4.13. The molecule has 0 aromatic heterocycles. The zero-order valence-corrected chi connectivity index (χ0v) is 19.2. The molecule has 0 spiro atoms. The number of amides is 2. The lowest BCUT2D eigenvalue weighted by atomic mass is 9.98. The molecule has 1 aliphatic carbocycles. The molecule has 0 fully saturated rings. The molecule has 5 rings (SSSR count). The number of ether oxygens (including phenoxy) is 1. The van der Waals surface area contributed by atoms with E-state index in [0.29, 0.717) is 31.6 Å². The van der Waals surface area contributed by atoms with Gasteiger partial charge < -0.3 is 20.1 Å². The van der Waals surface area contributed by atoms with Crippen molar-refractivity contribution < 1.29 is 24.2 Å². The number of rotatable bonds is 7. The maximum atomic E-state index is 12.7. The summed E-state index contributed by atoms with van der Waals surface area (Å²) in [6.45, 7) is 1.10. The molecule has 2 amide bonds. The third-order valence-corrected chi connectivity index (χ3v) is 6.71. The molecule has 178 valence electrons. The van der Waals surface area contributed by atoms with Crippen LogP contribution in [0.4, 0.5) is 10.5 Å². The lowest BCUT2D eigenvalue weighted by molar-refractivity contribution is -0.118. The SMILES string of the molecule is O=C(NCCCC(=O)N1CCc2ccc(C(=O)O)cc21)OCC1c2ccccc2-c2ccccc21. The number of carboxylic acid groups (broad SMARTS) is 1. The Bertz CT molecular complexity index is 1260. The molecular formula is C28H26N2O5. The van der Waals surface area contributed by atoms with Gasteiger partial charge in [0.15, 0.2) is 0 Å². The Balaban J connectivity index is 1.10. The highest BCUT2D eigenvalue weighted by atomic mass is 16.5. The summed E-state index contributed by atoms with van der Waals surface area (Å²) in [5.41, 5.74) is 6.47. The monoisotopic (exact) mass is 470 g/mol. The van der Waals surface area contributed by atoms with Crippen molar-refractivity contribution in [3.05, 3.63) is 89.0 Å². The van der Waals surface area contributed by atoms with Crippen molar-refractivity contribution in [1.82, 2.24) is 5.32 Å². The second-order valence-electron chi connectivity index (χ2n) is 8.80. The van der Waals surface area contributed by atoms with Gasteiger partial charge in [0, 0.05) is 31.1 Å². The maximum Gasteiger partial charge on any atom is 0.407 e. The van der Waals surface area contributed by atoms with E-state index < -0.39 is 12.1 Å². The van der Waals surface area contributed by atoms with Crippen LogP contribution in [0.25, 0.3) is 11.1 Å². The van der Waals surface area contributed by atoms with Crippen LogP contribution >= 0.6 is 0 Å². The lowest BCUT2D eigenvalue weighted by Gasteiger charge is -2.18. The standard InChI is InChI=1S/C28H26N2O5/c31-26(30-15-13-18-11-12-19(27(32)33)16-25(18)30)10-5-14-29-28(34)35-17-24-22-8-3-1-6-20(22)21-7-2-4-9-23(21)24/h1-4,6-9,11-12,16,24H,5,10,13-15,17H2,(H,29,34)(H,32,33). The van der Waals surface area contributed by atoms with Gasteiger partial charge in [-0.05, 0) is 52.8 Å². The number of carbonyl (C=O) groups is 3. The van der Waals surface area contributed by atoms with Crippen LogP contribution < -0.4 is 10.2 Å². The minimum atomic E-state index is -1.01. The summed E-state index contributed by atoms with van der Waals surface area (Å²) in [5.74, 6) is -1.10. The highest BCUT2D eigenvalue weighted by molar-refractivity contribution is 5.97. The number of carbonyl (C=O) groups excluding carboxylic acids is 2. The predicted molar refractivity (Wildman–Crippen MR) is 132 cm³/mol. The molecule has 3 aromatic rings. The lowest BCUT2D eigenvalue weighted by Crippen LogP contribution is -2.31. The van der Waals surface area contributed by atoms with Gasteiger partial charge in [-0.15, -0.1) is 0 Å². The summed E-state index contributed by atoms with van der Waals surface area (Å²) >= 11 is 0. The first-order valence-electron chi connectivity index (χ1n) is 11.8. The van der Waals surface area contributed by atoms with E-state index in [4.69, 9.17) is 4.74 Å². The fraction of sp³-hybridized carbons (Fsp3) is 0.250. The Morgan fingerprint density at radius 3 is 2.34 bits per heavy atom. The van der Waals surface area contributed by atoms with E-state index in [1.807, 2.05) is 24.3 Å². The molecule has 1 heterocycles. The molecule has 0 unspecified atom stereocenters. The molecule has 1 aliphatic heterocycles. The third kappa shape index (κ3) is 4.49. The van der Waals surface area contributed by atoms with E-state index in [9.17, 15) is 19.5 Å². The van der Waals surface area contributed by atoms with Crippen molar-refractivity contribution in [3.63, 3.8) is 0 Å². The van der Waals surface area contributed by atoms with Crippen molar-refractivity contribution in [3.8, 4) is 11.1 Å². The molecule has 7 heteroatoms. The molecule has 35 heavy (non-hydrogen) atoms. The zero-order chi connectivity index (χ0) is 24.4. The molecule has 2 N–H and O–H groups in total. The van der Waals surface area contributed by atoms with Crippen LogP contribution in [0.1, 0.15) is 45.8 Å². The van der Waals surface area contributed by atoms with Gasteiger partial charge in [0.05, 0.1) is 5.56 Å². The average molecular weight is 471 g/mol. The first-order valence-corrected chi connectivity index (χ1v) is 11.8. The smallest absolute Gasteiger partial charge is 0.407 e. The molecule has 2 aliphatic rings. The van der Waals surface area contributed by atoms with Gasteiger partial charge in [0.2, 0.25) is 5.91 Å². The van der Waals surface area contributed by atoms with E-state index in [2.05, 4.69) is 29.6 Å². The van der Waals surface area contributed by atoms with Gasteiger partial charge in [-0.3, -0.25) is 4.79 Å². The fourth-order valence-electron chi connectivity index (χ4n) is 4.99. The number of nitrogens with zero attached hydrogens (tertiary/aromatic N) is 1. The summed E-state index contributed by atoms with van der Waals surface area (Å²) in [6, 6.07) is 21.2. The summed E-state index contributed by atoms with van der Waals surface area (Å²) in [5, 5.41) is 12.0. The van der Waals surface area contributed by atoms with Crippen LogP contribution in [0.15, 0.2) is 66.7 Å². The van der Waals surface area contributed by atoms with Crippen LogP contribution in [0.3, 0.4) is 0 Å². The van der Waals surface area contributed by atoms with Crippen molar-refractivity contribution in [2.24, 2.45) is 0 Å². The Morgan fingerprint density at radius 1 is 0.971 bits per heavy atom. The van der Waals surface area contributed by atoms with Crippen molar-refractivity contribution in [1.29, 1.82) is 0 Å². The molecule has 0 bridgehead atoms. The summed E-state index contributed by atoms with van der Waals surface area (Å²) in [6.07, 6.45) is 0.921. The van der Waals surface area contributed by atoms with Crippen LogP contribution in [-0.2, 0) is 16.0 Å². The number of hydrogen-bond donors (Lipinski definition) is 2. The normalized spacial score (nSPS) is 13.7. The van der Waals surface area contributed by atoms with Gasteiger partial charge in [0.25, 0.3) is 0 Å². The second-order valence-corrected chi connectivity index (χ2v) is 8.80. The number of hydrogen-bond acceptors (Lipinski definition) is 4. The maximum absolute atomic E-state index is 12.7. The number of aromatic carboxylic acids is 1. The average Bonchev–Trinajstić information content (AvgIpc) is 3.44. The Kier molecular flexibility index (Phi) is 6.23. The minimum Gasteiger partial charge on any atom is -0.478 e. The number of anilines is 1. The Labute approximate surface area is 203 Å². The summed E-state index contributed by atoms with van der Waals surface area (Å²) in [4.78, 5) is 37.9. The van der Waals surface area contributed by atoms with Crippen molar-refractivity contribution in [2.45, 2.75) is 25.2 Å². The highest BCUT2D eigenvalue weighted by Crippen LogP contribution is 2.44. The molecule has 0 saturated carbocycles. The topological polar surface area (TPSA) is 95.9 Å². The number of carboxylic acids is 1. The van der Waals surface area contributed by atoms with E-state index in [-0.39, 0.29) is 30.4 Å². The first kappa shape index (κ1) is 22.7. The van der Waals surface area contributed by atoms with Crippen LogP contribution in [-0.4, -0.2) is 42.8 Å². The van der Waals surface area contributed by atoms with Gasteiger partial charge >= 0.3 is 12.1 Å². The zero-order valence-electron chi connectivity index (χ0n) is 19.2. The fourth-order valence-corrected chi connectivity index (χ4v) is 4.99. The van der Waals surface area contributed by atoms with E-state index in [1.165, 1.54) is 11.1 Å². The van der Waals surface area contributed by atoms with Crippen LogP contribution in [0.2, 0.25) is 0 Å². The van der Waals surface area contributed by atoms with E-state index in [1.54, 1.807) is 23.1 Å². The van der Waals surface area contributed by atoms with Crippen molar-refractivity contribution in [2.75, 3.05) is 24.6 Å². The van der Waals surface area contributed by atoms with Gasteiger partial charge in [0.1, 0.15) is 6.61 Å². The number of alkyl carbamates (subject to hydrolysis) is 1. The van der Waals surface area contributed by atoms with Crippen LogP contribution in [0, 0.1) is 0 Å². The highest BCUT2D eigenvalue weighted by Gasteiger charge is 2.29. The van der Waals surface area contributed by atoms with Gasteiger partial charge in [-0.25, -0.2) is 9.59 Å². The summed E-state index contributed by atoms with van der Waals surface area (Å²) < 4.78 is 5.53. The van der Waals surface area contributed by atoms with E-state index >= 15 is 0 Å². The van der Waals surface area contributed by atoms with E-state index in [0.717, 1.165) is 16.7 Å². The minimum absolute atomic E-state index is 0.000607. The third-order valence-electron chi connectivity index (χ3n) is 6.71. The first-order chi connectivity index (χ1) is 17.0. The van der Waals surface area contributed by atoms with Crippen molar-refractivity contribution >= 4 is 23.7 Å². The molecule has 0 atom stereocenters. The molecule has 0 saturated heterocycles. The number of benzene rings is 3. The largest absolute Gasteiger partial charge is 0.478 e. The molecular weight excluding hydrogens is 444 g/mol. The second kappa shape index (κ2) is 9.62. The molecule has 7 nitrogen and oxygen atoms in total. The quantitative estimate of drug-likeness (QED) is 0.493. The number of fused-ring (bicyclic) bond motifs is 4. The predicted octanol–water partition coefficient (Wildman–Crippen LogP) is 4.59. The van der Waals surface area contributed by atoms with Gasteiger partial charge in [-0.1, -0.05) is 54.6 Å². The summed E-state index contributed by atoms with van der Waals surface area (Å²) in [7, 11) is 0. The van der Waals surface area contributed by atoms with Crippen LogP contribution in [0.5, 0.6) is 0 Å². The number of nitrogens with one attached hydrogen (secondary N) is 1. The molecule has 3 aromatic carbocycles. The molecule has 0 radical (unpaired) electrons.